The van der Waals surface area contributed by atoms with Gasteiger partial charge in [0, 0.05) is 25.7 Å². The molecule has 2 atom stereocenters. The van der Waals surface area contributed by atoms with Crippen LogP contribution in [0.15, 0.2) is 30.6 Å². The monoisotopic (exact) mass is 419 g/mol. The first kappa shape index (κ1) is 21.5. The maximum atomic E-state index is 14.7. The van der Waals surface area contributed by atoms with Gasteiger partial charge in [-0.2, -0.15) is 5.26 Å². The van der Waals surface area contributed by atoms with Crippen molar-refractivity contribution in [1.29, 1.82) is 5.26 Å². The number of nitriles is 1. The molecule has 0 aliphatic carbocycles. The number of likely N-dealkylation sites (tertiary alicyclic amines) is 1. The number of carbonyl (C=O) groups excluding carboxylic acids is 1. The van der Waals surface area contributed by atoms with Crippen molar-refractivity contribution in [1.82, 2.24) is 14.9 Å². The van der Waals surface area contributed by atoms with E-state index in [-0.39, 0.29) is 35.9 Å². The number of hydrogen-bond donors (Lipinski definition) is 1. The van der Waals surface area contributed by atoms with Gasteiger partial charge in [-0.3, -0.25) is 9.69 Å². The van der Waals surface area contributed by atoms with E-state index in [0.717, 1.165) is 12.3 Å². The third-order valence-electron chi connectivity index (χ3n) is 5.15. The van der Waals surface area contributed by atoms with Crippen LogP contribution in [-0.4, -0.2) is 52.9 Å². The number of ether oxygens (including phenoxy) is 1. The summed E-state index contributed by atoms with van der Waals surface area (Å²) in [6, 6.07) is 5.00. The maximum Gasteiger partial charge on any atom is 0.257 e. The maximum absolute atomic E-state index is 14.7. The molecule has 1 saturated heterocycles. The summed E-state index contributed by atoms with van der Waals surface area (Å²) < 4.78 is 47.3. The van der Waals surface area contributed by atoms with Crippen LogP contribution in [0.3, 0.4) is 0 Å². The summed E-state index contributed by atoms with van der Waals surface area (Å²) in [5, 5.41) is 11.8. The summed E-state index contributed by atoms with van der Waals surface area (Å²) >= 11 is 0. The quantitative estimate of drug-likeness (QED) is 0.801. The summed E-state index contributed by atoms with van der Waals surface area (Å²) in [4.78, 5) is 21.9. The molecule has 2 aromatic heterocycles. The zero-order chi connectivity index (χ0) is 21.9. The van der Waals surface area contributed by atoms with E-state index in [4.69, 9.17) is 4.74 Å². The van der Waals surface area contributed by atoms with Crippen molar-refractivity contribution in [2.24, 2.45) is 0 Å². The molecule has 7 nitrogen and oxygen atoms in total. The molecule has 2 aromatic rings. The lowest BCUT2D eigenvalue weighted by atomic mass is 9.86. The Morgan fingerprint density at radius 2 is 2.17 bits per heavy atom. The van der Waals surface area contributed by atoms with Crippen molar-refractivity contribution >= 4 is 11.7 Å². The molecular formula is C20H20F3N5O2. The average molecular weight is 419 g/mol. The van der Waals surface area contributed by atoms with Crippen LogP contribution in [0.25, 0.3) is 0 Å². The lowest BCUT2D eigenvalue weighted by Gasteiger charge is -2.40. The van der Waals surface area contributed by atoms with Crippen LogP contribution in [0, 0.1) is 17.1 Å². The van der Waals surface area contributed by atoms with Crippen molar-refractivity contribution in [2.45, 2.75) is 31.2 Å². The smallest absolute Gasteiger partial charge is 0.257 e. The summed E-state index contributed by atoms with van der Waals surface area (Å²) in [6.07, 6.45) is 1.80. The van der Waals surface area contributed by atoms with Crippen molar-refractivity contribution < 1.29 is 22.7 Å². The molecule has 2 unspecified atom stereocenters. The molecule has 1 aliphatic rings. The third kappa shape index (κ3) is 4.52. The Morgan fingerprint density at radius 3 is 2.80 bits per heavy atom. The largest absolute Gasteiger partial charge is 0.480 e. The van der Waals surface area contributed by atoms with Crippen LogP contribution < -0.4 is 10.1 Å². The highest BCUT2D eigenvalue weighted by Gasteiger charge is 2.46. The topological polar surface area (TPSA) is 91.1 Å². The van der Waals surface area contributed by atoms with Crippen LogP contribution in [0.2, 0.25) is 0 Å². The van der Waals surface area contributed by atoms with E-state index in [1.54, 1.807) is 11.8 Å². The number of piperidine rings is 1. The van der Waals surface area contributed by atoms with E-state index in [0.29, 0.717) is 0 Å². The van der Waals surface area contributed by atoms with Gasteiger partial charge in [0.05, 0.1) is 25.3 Å². The first-order valence-corrected chi connectivity index (χ1v) is 9.23. The number of amides is 1. The fourth-order valence-corrected chi connectivity index (χ4v) is 3.38. The Balaban J connectivity index is 1.77. The van der Waals surface area contributed by atoms with E-state index >= 15 is 0 Å². The predicted molar refractivity (Wildman–Crippen MR) is 102 cm³/mol. The molecule has 0 spiro atoms. The number of rotatable bonds is 5. The number of pyridine rings is 2. The second-order valence-electron chi connectivity index (χ2n) is 7.02. The molecule has 10 heteroatoms. The normalized spacial score (nSPS) is 19.5. The minimum atomic E-state index is -3.02. The molecular weight excluding hydrogens is 399 g/mol. The number of aromatic nitrogens is 2. The molecule has 0 aromatic carbocycles. The lowest BCUT2D eigenvalue weighted by Crippen LogP contribution is -2.52. The molecule has 0 radical (unpaired) electrons. The zero-order valence-electron chi connectivity index (χ0n) is 16.4. The van der Waals surface area contributed by atoms with E-state index in [1.165, 1.54) is 25.4 Å². The number of nitrogens with zero attached hydrogens (tertiary/aromatic N) is 4. The first-order valence-electron chi connectivity index (χ1n) is 9.23. The minimum Gasteiger partial charge on any atom is -0.480 e. The van der Waals surface area contributed by atoms with Crippen molar-refractivity contribution in [3.8, 4) is 11.9 Å². The van der Waals surface area contributed by atoms with Crippen LogP contribution in [0.5, 0.6) is 5.88 Å². The minimum absolute atomic E-state index is 0.0175. The van der Waals surface area contributed by atoms with Gasteiger partial charge in [0.1, 0.15) is 23.3 Å². The van der Waals surface area contributed by atoms with Crippen LogP contribution in [0.4, 0.5) is 19.0 Å². The number of anilines is 1. The summed E-state index contributed by atoms with van der Waals surface area (Å²) in [5.74, 6) is -5.00. The Hall–Kier alpha value is -3.19. The van der Waals surface area contributed by atoms with Crippen LogP contribution in [-0.2, 0) is 4.79 Å². The van der Waals surface area contributed by atoms with Gasteiger partial charge >= 0.3 is 0 Å². The number of hydrogen-bond acceptors (Lipinski definition) is 6. The lowest BCUT2D eigenvalue weighted by molar-refractivity contribution is -0.125. The SMILES string of the molecule is COc1ncc(C2CN(C(C)C(=O)Nc3ccc(F)cn3)CCC2(F)F)cc1C#N. The molecule has 1 fully saturated rings. The van der Waals surface area contributed by atoms with E-state index in [1.807, 2.05) is 6.07 Å². The van der Waals surface area contributed by atoms with Gasteiger partial charge in [-0.15, -0.1) is 0 Å². The fraction of sp³-hybridized carbons (Fsp3) is 0.400. The van der Waals surface area contributed by atoms with Gasteiger partial charge in [-0.1, -0.05) is 0 Å². The second-order valence-corrected chi connectivity index (χ2v) is 7.02. The molecule has 1 amide bonds. The second kappa shape index (κ2) is 8.67. The van der Waals surface area contributed by atoms with Gasteiger partial charge in [0.15, 0.2) is 0 Å². The number of halogens is 3. The van der Waals surface area contributed by atoms with E-state index < -0.39 is 36.0 Å². The van der Waals surface area contributed by atoms with Crippen molar-refractivity contribution in [3.63, 3.8) is 0 Å². The highest BCUT2D eigenvalue weighted by molar-refractivity contribution is 5.93. The molecule has 0 saturated carbocycles. The standard InChI is InChI=1S/C20H20F3N5O2/c1-12(18(29)27-17-4-3-15(21)10-25-17)28-6-5-20(22,23)16(11-28)14-7-13(8-24)19(30-2)26-9-14/h3-4,7,9-10,12,16H,5-6,11H2,1-2H3,(H,25,27,29). The Labute approximate surface area is 171 Å². The van der Waals surface area contributed by atoms with Gasteiger partial charge in [-0.05, 0) is 30.7 Å². The molecule has 1 aliphatic heterocycles. The van der Waals surface area contributed by atoms with E-state index in [2.05, 4.69) is 15.3 Å². The zero-order valence-corrected chi connectivity index (χ0v) is 16.4. The molecule has 1 N–H and O–H groups in total. The highest BCUT2D eigenvalue weighted by atomic mass is 19.3. The fourth-order valence-electron chi connectivity index (χ4n) is 3.38. The summed E-state index contributed by atoms with van der Waals surface area (Å²) in [6.45, 7) is 1.52. The molecule has 158 valence electrons. The van der Waals surface area contributed by atoms with Crippen LogP contribution >= 0.6 is 0 Å². The number of methoxy groups -OCH3 is 1. The molecule has 3 heterocycles. The third-order valence-corrected chi connectivity index (χ3v) is 5.15. The first-order chi connectivity index (χ1) is 14.2. The number of nitrogens with one attached hydrogen (secondary N) is 1. The van der Waals surface area contributed by atoms with Gasteiger partial charge in [0.25, 0.3) is 5.92 Å². The van der Waals surface area contributed by atoms with E-state index in [9.17, 15) is 23.2 Å². The number of carbonyl (C=O) groups is 1. The van der Waals surface area contributed by atoms with Crippen LogP contribution in [0.1, 0.15) is 30.4 Å². The molecule has 3 rings (SSSR count). The number of alkyl halides is 2. The molecule has 0 bridgehead atoms. The van der Waals surface area contributed by atoms with Gasteiger partial charge < -0.3 is 10.1 Å². The summed E-state index contributed by atoms with van der Waals surface area (Å²) in [5.41, 5.74) is 0.269. The Kier molecular flexibility index (Phi) is 6.22. The average Bonchev–Trinajstić information content (AvgIpc) is 2.74. The molecule has 30 heavy (non-hydrogen) atoms. The van der Waals surface area contributed by atoms with Gasteiger partial charge in [-0.25, -0.2) is 23.1 Å². The van der Waals surface area contributed by atoms with Gasteiger partial charge in [0.2, 0.25) is 11.8 Å². The highest BCUT2D eigenvalue weighted by Crippen LogP contribution is 2.41. The van der Waals surface area contributed by atoms with Crippen molar-refractivity contribution in [3.05, 3.63) is 47.5 Å². The Morgan fingerprint density at radius 1 is 1.40 bits per heavy atom. The Bertz CT molecular complexity index is 962. The summed E-state index contributed by atoms with van der Waals surface area (Å²) in [7, 11) is 1.34. The van der Waals surface area contributed by atoms with Crippen molar-refractivity contribution in [2.75, 3.05) is 25.5 Å². The predicted octanol–water partition coefficient (Wildman–Crippen LogP) is 2.95.